The number of hydrogen-bond donors (Lipinski definition) is 3. The Balaban J connectivity index is 2.37. The van der Waals surface area contributed by atoms with Gasteiger partial charge in [0.15, 0.2) is 0 Å². The third kappa shape index (κ3) is 2.96. The van der Waals surface area contributed by atoms with E-state index in [1.165, 1.54) is 0 Å². The standard InChI is InChI=1S/C10H21N3O/c1-7(5-10(11)12)13-4-3-9(6-13)8(2)14/h7-9,14H,3-6H2,1-2H3,(H3,11,12). The molecule has 82 valence electrons. The third-order valence-electron chi connectivity index (χ3n) is 3.08. The van der Waals surface area contributed by atoms with Crippen molar-refractivity contribution in [2.75, 3.05) is 13.1 Å². The molecule has 1 rings (SSSR count). The van der Waals surface area contributed by atoms with Crippen LogP contribution >= 0.6 is 0 Å². The zero-order valence-corrected chi connectivity index (χ0v) is 9.03. The number of aliphatic hydroxyl groups excluding tert-OH is 1. The molecule has 1 aliphatic rings. The molecule has 4 N–H and O–H groups in total. The van der Waals surface area contributed by atoms with E-state index in [1.807, 2.05) is 6.92 Å². The van der Waals surface area contributed by atoms with Crippen molar-refractivity contribution < 1.29 is 5.11 Å². The van der Waals surface area contributed by atoms with Crippen molar-refractivity contribution in [3.63, 3.8) is 0 Å². The van der Waals surface area contributed by atoms with Crippen molar-refractivity contribution in [2.45, 2.75) is 38.8 Å². The van der Waals surface area contributed by atoms with Gasteiger partial charge in [-0.2, -0.15) is 0 Å². The fourth-order valence-corrected chi connectivity index (χ4v) is 2.06. The van der Waals surface area contributed by atoms with Crippen LogP contribution in [-0.2, 0) is 0 Å². The monoisotopic (exact) mass is 199 g/mol. The lowest BCUT2D eigenvalue weighted by atomic mass is 10.0. The minimum absolute atomic E-state index is 0.218. The number of rotatable bonds is 4. The highest BCUT2D eigenvalue weighted by Crippen LogP contribution is 2.22. The molecule has 1 fully saturated rings. The molecule has 0 saturated carbocycles. The van der Waals surface area contributed by atoms with E-state index in [0.29, 0.717) is 18.4 Å². The summed E-state index contributed by atoms with van der Waals surface area (Å²) in [6, 6.07) is 0.330. The number of nitrogens with one attached hydrogen (secondary N) is 1. The summed E-state index contributed by atoms with van der Waals surface area (Å²) in [6.45, 7) is 5.89. The molecule has 4 nitrogen and oxygen atoms in total. The molecule has 0 spiro atoms. The molecule has 0 aromatic heterocycles. The average molecular weight is 199 g/mol. The summed E-state index contributed by atoms with van der Waals surface area (Å²) in [5.41, 5.74) is 5.36. The quantitative estimate of drug-likeness (QED) is 0.453. The van der Waals surface area contributed by atoms with Crippen LogP contribution in [0, 0.1) is 11.3 Å². The van der Waals surface area contributed by atoms with Crippen LogP contribution in [-0.4, -0.2) is 41.1 Å². The summed E-state index contributed by atoms with van der Waals surface area (Å²) in [7, 11) is 0. The molecule has 0 amide bonds. The Hall–Kier alpha value is -0.610. The summed E-state index contributed by atoms with van der Waals surface area (Å²) in [5, 5.41) is 16.7. The second kappa shape index (κ2) is 4.75. The average Bonchev–Trinajstić information content (AvgIpc) is 2.50. The molecular formula is C10H21N3O. The van der Waals surface area contributed by atoms with Crippen LogP contribution in [0.1, 0.15) is 26.7 Å². The van der Waals surface area contributed by atoms with Gasteiger partial charge in [0.2, 0.25) is 0 Å². The van der Waals surface area contributed by atoms with Gasteiger partial charge in [0.25, 0.3) is 0 Å². The summed E-state index contributed by atoms with van der Waals surface area (Å²) in [4.78, 5) is 2.30. The van der Waals surface area contributed by atoms with Gasteiger partial charge in [-0.1, -0.05) is 0 Å². The van der Waals surface area contributed by atoms with Crippen LogP contribution in [0.3, 0.4) is 0 Å². The van der Waals surface area contributed by atoms with Crippen molar-refractivity contribution in [3.8, 4) is 0 Å². The van der Waals surface area contributed by atoms with E-state index < -0.39 is 0 Å². The lowest BCUT2D eigenvalue weighted by molar-refractivity contribution is 0.123. The smallest absolute Gasteiger partial charge is 0.0920 e. The highest BCUT2D eigenvalue weighted by molar-refractivity contribution is 5.77. The number of amidine groups is 1. The van der Waals surface area contributed by atoms with E-state index in [1.54, 1.807) is 0 Å². The molecule has 4 heteroatoms. The van der Waals surface area contributed by atoms with Gasteiger partial charge in [-0.15, -0.1) is 0 Å². The van der Waals surface area contributed by atoms with Gasteiger partial charge in [-0.05, 0) is 32.7 Å². The second-order valence-electron chi connectivity index (χ2n) is 4.36. The molecule has 14 heavy (non-hydrogen) atoms. The minimum Gasteiger partial charge on any atom is -0.393 e. The van der Waals surface area contributed by atoms with Gasteiger partial charge in [-0.25, -0.2) is 0 Å². The van der Waals surface area contributed by atoms with Crippen molar-refractivity contribution >= 4 is 5.84 Å². The molecule has 3 atom stereocenters. The van der Waals surface area contributed by atoms with Crippen LogP contribution in [0.4, 0.5) is 0 Å². The Morgan fingerprint density at radius 1 is 1.64 bits per heavy atom. The van der Waals surface area contributed by atoms with Gasteiger partial charge in [0, 0.05) is 19.0 Å². The topological polar surface area (TPSA) is 73.3 Å². The zero-order chi connectivity index (χ0) is 10.7. The number of aliphatic hydroxyl groups is 1. The maximum Gasteiger partial charge on any atom is 0.0920 e. The summed E-state index contributed by atoms with van der Waals surface area (Å²) < 4.78 is 0. The van der Waals surface area contributed by atoms with E-state index in [-0.39, 0.29) is 11.9 Å². The molecule has 1 saturated heterocycles. The molecule has 0 bridgehead atoms. The lowest BCUT2D eigenvalue weighted by Gasteiger charge is -2.24. The van der Waals surface area contributed by atoms with Crippen molar-refractivity contribution in [1.82, 2.24) is 4.90 Å². The maximum atomic E-state index is 9.44. The minimum atomic E-state index is -0.218. The molecule has 0 aromatic rings. The van der Waals surface area contributed by atoms with Gasteiger partial charge in [0.05, 0.1) is 11.9 Å². The molecule has 0 radical (unpaired) electrons. The van der Waals surface area contributed by atoms with Gasteiger partial charge in [-0.3, -0.25) is 10.3 Å². The van der Waals surface area contributed by atoms with Crippen LogP contribution in [0.25, 0.3) is 0 Å². The van der Waals surface area contributed by atoms with E-state index in [4.69, 9.17) is 11.1 Å². The third-order valence-corrected chi connectivity index (χ3v) is 3.08. The molecule has 1 aliphatic heterocycles. The maximum absolute atomic E-state index is 9.44. The molecule has 0 aliphatic carbocycles. The summed E-state index contributed by atoms with van der Waals surface area (Å²) >= 11 is 0. The number of hydrogen-bond acceptors (Lipinski definition) is 3. The van der Waals surface area contributed by atoms with Crippen LogP contribution in [0.15, 0.2) is 0 Å². The van der Waals surface area contributed by atoms with Crippen molar-refractivity contribution in [3.05, 3.63) is 0 Å². The van der Waals surface area contributed by atoms with Crippen molar-refractivity contribution in [1.29, 1.82) is 5.41 Å². The van der Waals surface area contributed by atoms with Crippen LogP contribution in [0.2, 0.25) is 0 Å². The number of likely N-dealkylation sites (tertiary alicyclic amines) is 1. The summed E-state index contributed by atoms with van der Waals surface area (Å²) in [6.07, 6.45) is 1.47. The SMILES string of the molecule is CC(O)C1CCN(C(C)CC(=N)N)C1. The van der Waals surface area contributed by atoms with E-state index in [2.05, 4.69) is 11.8 Å². The zero-order valence-electron chi connectivity index (χ0n) is 9.03. The highest BCUT2D eigenvalue weighted by atomic mass is 16.3. The Kier molecular flexibility index (Phi) is 3.89. The first kappa shape index (κ1) is 11.5. The Morgan fingerprint density at radius 2 is 2.29 bits per heavy atom. The fourth-order valence-electron chi connectivity index (χ4n) is 2.06. The fraction of sp³-hybridized carbons (Fsp3) is 0.900. The molecular weight excluding hydrogens is 178 g/mol. The van der Waals surface area contributed by atoms with E-state index in [9.17, 15) is 5.11 Å². The Bertz CT molecular complexity index is 206. The number of nitrogens with zero attached hydrogens (tertiary/aromatic N) is 1. The first-order chi connectivity index (χ1) is 6.50. The Labute approximate surface area is 85.6 Å². The normalized spacial score (nSPS) is 27.5. The van der Waals surface area contributed by atoms with Gasteiger partial charge >= 0.3 is 0 Å². The first-order valence-electron chi connectivity index (χ1n) is 5.25. The number of nitrogens with two attached hydrogens (primary N) is 1. The molecule has 1 heterocycles. The summed E-state index contributed by atoms with van der Waals surface area (Å²) in [5.74, 6) is 0.641. The highest BCUT2D eigenvalue weighted by Gasteiger charge is 2.28. The Morgan fingerprint density at radius 3 is 2.71 bits per heavy atom. The van der Waals surface area contributed by atoms with Crippen LogP contribution < -0.4 is 5.73 Å². The predicted octanol–water partition coefficient (Wildman–Crippen LogP) is 0.404. The van der Waals surface area contributed by atoms with Crippen molar-refractivity contribution in [2.24, 2.45) is 11.7 Å². The largest absolute Gasteiger partial charge is 0.393 e. The predicted molar refractivity (Wildman–Crippen MR) is 57.4 cm³/mol. The second-order valence-corrected chi connectivity index (χ2v) is 4.36. The molecule has 0 aromatic carbocycles. The lowest BCUT2D eigenvalue weighted by Crippen LogP contribution is -2.35. The van der Waals surface area contributed by atoms with E-state index >= 15 is 0 Å². The van der Waals surface area contributed by atoms with Gasteiger partial charge in [0.1, 0.15) is 0 Å². The van der Waals surface area contributed by atoms with E-state index in [0.717, 1.165) is 19.5 Å². The van der Waals surface area contributed by atoms with Crippen LogP contribution in [0.5, 0.6) is 0 Å². The first-order valence-corrected chi connectivity index (χ1v) is 5.25. The molecule has 3 unspecified atom stereocenters. The van der Waals surface area contributed by atoms with Gasteiger partial charge < -0.3 is 10.8 Å².